The summed E-state index contributed by atoms with van der Waals surface area (Å²) in [6.07, 6.45) is -0.795. The minimum Gasteiger partial charge on any atom is -0.468 e. The average molecular weight is 646 g/mol. The zero-order chi connectivity index (χ0) is 29.7. The molecule has 0 saturated heterocycles. The Hall–Kier alpha value is -3.25. The van der Waals surface area contributed by atoms with Gasteiger partial charge in [0.2, 0.25) is 0 Å². The number of hydrogen-bond acceptors (Lipinski definition) is 6. The quantitative estimate of drug-likeness (QED) is 0.205. The molecule has 0 bridgehead atoms. The molecular formula is C23H16Cl3F5N4O4S. The molecule has 1 aliphatic carbocycles. The summed E-state index contributed by atoms with van der Waals surface area (Å²) in [5, 5.41) is 14.7. The van der Waals surface area contributed by atoms with Crippen molar-refractivity contribution in [3.63, 3.8) is 0 Å². The summed E-state index contributed by atoms with van der Waals surface area (Å²) < 4.78 is 77.9. The molecule has 1 heterocycles. The molecule has 1 fully saturated rings. The maximum atomic E-state index is 13.4. The van der Waals surface area contributed by atoms with E-state index in [1.807, 2.05) is 0 Å². The minimum atomic E-state index is -10.2. The number of hydrogen-bond donors (Lipinski definition) is 1. The van der Waals surface area contributed by atoms with E-state index in [2.05, 4.69) is 10.4 Å². The van der Waals surface area contributed by atoms with Crippen molar-refractivity contribution in [1.82, 2.24) is 9.78 Å². The highest BCUT2D eigenvalue weighted by atomic mass is 35.5. The fourth-order valence-corrected chi connectivity index (χ4v) is 5.52. The fraction of sp³-hybridized carbons (Fsp3) is 0.217. The van der Waals surface area contributed by atoms with Crippen molar-refractivity contribution >= 4 is 62.9 Å². The van der Waals surface area contributed by atoms with Gasteiger partial charge in [0.15, 0.2) is 5.69 Å². The number of nitrogens with zero attached hydrogens (tertiary/aromatic N) is 3. The molecule has 1 aliphatic rings. The number of halogens is 8. The van der Waals surface area contributed by atoms with Crippen LogP contribution in [0.5, 0.6) is 0 Å². The Kier molecular flexibility index (Phi) is 6.99. The molecule has 1 amide bonds. The van der Waals surface area contributed by atoms with Gasteiger partial charge >= 0.3 is 22.3 Å². The van der Waals surface area contributed by atoms with Crippen molar-refractivity contribution in [3.8, 4) is 11.8 Å². The molecule has 1 aromatic heterocycles. The predicted octanol–water partition coefficient (Wildman–Crippen LogP) is 8.31. The molecule has 40 heavy (non-hydrogen) atoms. The van der Waals surface area contributed by atoms with E-state index in [4.69, 9.17) is 44.3 Å². The lowest BCUT2D eigenvalue weighted by molar-refractivity contribution is -0.143. The van der Waals surface area contributed by atoms with Gasteiger partial charge in [-0.25, -0.2) is 9.48 Å². The Morgan fingerprint density at radius 3 is 2.15 bits per heavy atom. The van der Waals surface area contributed by atoms with Crippen molar-refractivity contribution in [1.29, 1.82) is 5.26 Å². The van der Waals surface area contributed by atoms with E-state index in [9.17, 15) is 34.3 Å². The van der Waals surface area contributed by atoms with E-state index in [0.717, 1.165) is 7.11 Å². The third kappa shape index (κ3) is 5.78. The first kappa shape index (κ1) is 29.7. The standard InChI is InChI=1S/C23H16Cl3F5N4O4S/c1-38-21(36)23(6-7-23)18-17(10-32)34-35(19-15(25)8-14(9-16(19)26)40(27,28,29,30)31)20(18)33-22(37)39-11-12-2-4-13(24)5-3-12/h2-5,8-9H,6-7,11H2,1H3,(H,33,37). The van der Waals surface area contributed by atoms with Crippen LogP contribution in [0, 0.1) is 11.3 Å². The molecule has 1 saturated carbocycles. The number of benzene rings is 2. The lowest BCUT2D eigenvalue weighted by Gasteiger charge is -2.40. The summed E-state index contributed by atoms with van der Waals surface area (Å²) in [5.41, 5.74) is -2.06. The largest absolute Gasteiger partial charge is 0.468 e. The maximum absolute atomic E-state index is 13.4. The van der Waals surface area contributed by atoms with Crippen LogP contribution in [0.25, 0.3) is 5.69 Å². The number of ether oxygens (including phenoxy) is 2. The fourth-order valence-electron chi connectivity index (χ4n) is 3.93. The number of anilines is 1. The molecule has 17 heteroatoms. The first-order valence-electron chi connectivity index (χ1n) is 10.9. The second kappa shape index (κ2) is 9.41. The number of amides is 1. The SMILES string of the molecule is COC(=O)C1(c2c(C#N)nn(-c3c(Cl)cc(S(F)(F)(F)(F)F)cc3Cl)c2NC(=O)OCc2ccc(Cl)cc2)CC1. The average Bonchev–Trinajstić information content (AvgIpc) is 3.58. The molecule has 4 rings (SSSR count). The number of rotatable bonds is 7. The van der Waals surface area contributed by atoms with Crippen LogP contribution in [0.15, 0.2) is 41.3 Å². The lowest BCUT2D eigenvalue weighted by Crippen LogP contribution is -2.25. The zero-order valence-electron chi connectivity index (χ0n) is 20.0. The van der Waals surface area contributed by atoms with Crippen LogP contribution in [0.1, 0.15) is 29.7 Å². The molecular weight excluding hydrogens is 630 g/mol. The van der Waals surface area contributed by atoms with Crippen LogP contribution in [-0.4, -0.2) is 29.0 Å². The van der Waals surface area contributed by atoms with Gasteiger partial charge in [0, 0.05) is 5.02 Å². The minimum absolute atomic E-state index is 0.0481. The van der Waals surface area contributed by atoms with Gasteiger partial charge in [0.25, 0.3) is 0 Å². The molecule has 2 aromatic carbocycles. The van der Waals surface area contributed by atoms with Crippen LogP contribution in [0.3, 0.4) is 0 Å². The number of esters is 1. The number of carbonyl (C=O) groups is 2. The van der Waals surface area contributed by atoms with Crippen molar-refractivity contribution in [2.45, 2.75) is 29.8 Å². The van der Waals surface area contributed by atoms with Crippen molar-refractivity contribution in [2.75, 3.05) is 12.4 Å². The maximum Gasteiger partial charge on any atom is 0.413 e. The molecule has 3 aromatic rings. The van der Waals surface area contributed by atoms with Crippen molar-refractivity contribution < 1.29 is 38.5 Å². The molecule has 0 spiro atoms. The summed E-state index contributed by atoms with van der Waals surface area (Å²) in [7, 11) is -9.10. The Morgan fingerprint density at radius 2 is 1.68 bits per heavy atom. The van der Waals surface area contributed by atoms with Crippen LogP contribution >= 0.6 is 45.0 Å². The molecule has 0 atom stereocenters. The third-order valence-corrected chi connectivity index (χ3v) is 7.90. The van der Waals surface area contributed by atoms with E-state index in [1.54, 1.807) is 30.3 Å². The summed E-state index contributed by atoms with van der Waals surface area (Å²) in [6.45, 7) is -0.250. The van der Waals surface area contributed by atoms with Gasteiger partial charge in [-0.2, -0.15) is 10.4 Å². The van der Waals surface area contributed by atoms with Gasteiger partial charge in [-0.3, -0.25) is 10.1 Å². The summed E-state index contributed by atoms with van der Waals surface area (Å²) >= 11 is 17.8. The van der Waals surface area contributed by atoms with Gasteiger partial charge in [-0.05, 0) is 42.7 Å². The Balaban J connectivity index is 1.84. The monoisotopic (exact) mass is 644 g/mol. The summed E-state index contributed by atoms with van der Waals surface area (Å²) in [6, 6.07) is 7.92. The molecule has 0 radical (unpaired) electrons. The van der Waals surface area contributed by atoms with Gasteiger partial charge in [-0.1, -0.05) is 66.4 Å². The summed E-state index contributed by atoms with van der Waals surface area (Å²) in [5.74, 6) is -1.20. The van der Waals surface area contributed by atoms with Crippen molar-refractivity contribution in [3.05, 3.63) is 68.3 Å². The van der Waals surface area contributed by atoms with E-state index < -0.39 is 59.8 Å². The third-order valence-electron chi connectivity index (χ3n) is 5.95. The Morgan fingerprint density at radius 1 is 1.10 bits per heavy atom. The smallest absolute Gasteiger partial charge is 0.413 e. The van der Waals surface area contributed by atoms with Crippen LogP contribution in [0.2, 0.25) is 15.1 Å². The number of aromatic nitrogens is 2. The number of methoxy groups -OCH3 is 1. The highest BCUT2D eigenvalue weighted by Crippen LogP contribution is 3.02. The molecule has 0 aliphatic heterocycles. The van der Waals surface area contributed by atoms with Crippen LogP contribution in [-0.2, 0) is 26.3 Å². The summed E-state index contributed by atoms with van der Waals surface area (Å²) in [4.78, 5) is 23.1. The van der Waals surface area contributed by atoms with Crippen LogP contribution in [0.4, 0.5) is 30.0 Å². The second-order valence-electron chi connectivity index (χ2n) is 8.70. The van der Waals surface area contributed by atoms with E-state index in [0.29, 0.717) is 15.3 Å². The zero-order valence-corrected chi connectivity index (χ0v) is 23.1. The van der Waals surface area contributed by atoms with Gasteiger partial charge < -0.3 is 9.47 Å². The normalized spacial score (nSPS) is 15.8. The van der Waals surface area contributed by atoms with E-state index >= 15 is 0 Å². The molecule has 1 N–H and O–H groups in total. The van der Waals surface area contributed by atoms with E-state index in [1.165, 1.54) is 0 Å². The molecule has 0 unspecified atom stereocenters. The first-order valence-corrected chi connectivity index (χ1v) is 14.0. The molecule has 8 nitrogen and oxygen atoms in total. The lowest BCUT2D eigenvalue weighted by atomic mass is 9.95. The topological polar surface area (TPSA) is 106 Å². The van der Waals surface area contributed by atoms with Crippen LogP contribution < -0.4 is 5.32 Å². The predicted molar refractivity (Wildman–Crippen MR) is 138 cm³/mol. The van der Waals surface area contributed by atoms with Gasteiger partial charge in [0.05, 0.1) is 28.1 Å². The Labute approximate surface area is 238 Å². The highest BCUT2D eigenvalue weighted by molar-refractivity contribution is 8.45. The van der Waals surface area contributed by atoms with Gasteiger partial charge in [0.1, 0.15) is 29.1 Å². The van der Waals surface area contributed by atoms with Crippen molar-refractivity contribution in [2.24, 2.45) is 0 Å². The Bertz CT molecular complexity index is 1570. The molecule has 214 valence electrons. The highest BCUT2D eigenvalue weighted by Gasteiger charge is 2.66. The first-order chi connectivity index (χ1) is 18.4. The van der Waals surface area contributed by atoms with Gasteiger partial charge in [-0.15, -0.1) is 0 Å². The number of carbonyl (C=O) groups excluding carboxylic acids is 2. The van der Waals surface area contributed by atoms with E-state index in [-0.39, 0.29) is 37.1 Å². The number of nitrogens with one attached hydrogen (secondary N) is 1. The second-order valence-corrected chi connectivity index (χ2v) is 12.4. The number of nitriles is 1.